The summed E-state index contributed by atoms with van der Waals surface area (Å²) in [6.07, 6.45) is 0. The van der Waals surface area contributed by atoms with Crippen molar-refractivity contribution in [3.63, 3.8) is 0 Å². The predicted octanol–water partition coefficient (Wildman–Crippen LogP) is 0.340. The van der Waals surface area contributed by atoms with Gasteiger partial charge >= 0.3 is 0 Å². The average molecular weight is 149 g/mol. The third-order valence-electron chi connectivity index (χ3n) is 1.84. The Morgan fingerprint density at radius 1 is 1.18 bits per heavy atom. The molecule has 58 valence electrons. The van der Waals surface area contributed by atoms with E-state index in [0.29, 0.717) is 6.04 Å². The predicted molar refractivity (Wildman–Crippen MR) is 43.5 cm³/mol. The van der Waals surface area contributed by atoms with Gasteiger partial charge in [0.05, 0.1) is 6.04 Å². The minimum absolute atomic E-state index is 0.399. The van der Waals surface area contributed by atoms with Gasteiger partial charge in [-0.2, -0.15) is 5.53 Å². The van der Waals surface area contributed by atoms with Crippen molar-refractivity contribution in [3.05, 3.63) is 35.9 Å². The van der Waals surface area contributed by atoms with Crippen molar-refractivity contribution in [2.75, 3.05) is 6.54 Å². The fourth-order valence-electron chi connectivity index (χ4n) is 1.23. The lowest BCUT2D eigenvalue weighted by Gasteiger charge is -2.06. The molecule has 3 heteroatoms. The van der Waals surface area contributed by atoms with Crippen molar-refractivity contribution in [1.29, 1.82) is 0 Å². The summed E-state index contributed by atoms with van der Waals surface area (Å²) in [5, 5.41) is 0. The second-order valence-electron chi connectivity index (χ2n) is 2.61. The van der Waals surface area contributed by atoms with Gasteiger partial charge in [-0.3, -0.25) is 0 Å². The van der Waals surface area contributed by atoms with Crippen molar-refractivity contribution in [2.45, 2.75) is 6.04 Å². The monoisotopic (exact) mass is 149 g/mol. The van der Waals surface area contributed by atoms with Crippen LogP contribution >= 0.6 is 0 Å². The smallest absolute Gasteiger partial charge is 0.0614 e. The topological polar surface area (TPSA) is 36.1 Å². The van der Waals surface area contributed by atoms with Gasteiger partial charge in [0.15, 0.2) is 0 Å². The third kappa shape index (κ3) is 1.40. The summed E-state index contributed by atoms with van der Waals surface area (Å²) in [7, 11) is 0. The van der Waals surface area contributed by atoms with E-state index in [0.717, 1.165) is 6.54 Å². The Kier molecular flexibility index (Phi) is 1.85. The van der Waals surface area contributed by atoms with Crippen molar-refractivity contribution in [1.82, 2.24) is 16.4 Å². The first kappa shape index (κ1) is 6.79. The molecule has 0 aromatic heterocycles. The van der Waals surface area contributed by atoms with E-state index in [4.69, 9.17) is 0 Å². The standard InChI is InChI=1S/C8H11N3/c1-2-4-7(5-3-1)8-6-9-11-10-8/h1-5,8-11H,6H2. The van der Waals surface area contributed by atoms with E-state index in [1.165, 1.54) is 5.56 Å². The second-order valence-corrected chi connectivity index (χ2v) is 2.61. The molecule has 1 fully saturated rings. The second kappa shape index (κ2) is 3.00. The van der Waals surface area contributed by atoms with Gasteiger partial charge in [0.25, 0.3) is 0 Å². The van der Waals surface area contributed by atoms with E-state index in [2.05, 4.69) is 40.7 Å². The van der Waals surface area contributed by atoms with Crippen LogP contribution in [0.1, 0.15) is 11.6 Å². The molecule has 1 unspecified atom stereocenters. The molecule has 1 heterocycles. The first-order chi connectivity index (χ1) is 5.47. The molecule has 0 aliphatic carbocycles. The Hall–Kier alpha value is -0.900. The molecule has 3 N–H and O–H groups in total. The number of hydrogen-bond donors (Lipinski definition) is 3. The normalized spacial score (nSPS) is 23.8. The summed E-state index contributed by atoms with van der Waals surface area (Å²) in [4.78, 5) is 0. The van der Waals surface area contributed by atoms with Crippen LogP contribution in [0, 0.1) is 0 Å². The number of hydrazine groups is 2. The van der Waals surface area contributed by atoms with Gasteiger partial charge in [0.2, 0.25) is 0 Å². The van der Waals surface area contributed by atoms with E-state index in [1.807, 2.05) is 6.07 Å². The lowest BCUT2D eigenvalue weighted by Crippen LogP contribution is -2.30. The summed E-state index contributed by atoms with van der Waals surface area (Å²) >= 11 is 0. The lowest BCUT2D eigenvalue weighted by molar-refractivity contribution is 0.555. The molecule has 1 aliphatic heterocycles. The van der Waals surface area contributed by atoms with Gasteiger partial charge in [-0.25, -0.2) is 10.9 Å². The number of benzene rings is 1. The zero-order chi connectivity index (χ0) is 7.52. The molecule has 1 saturated heterocycles. The van der Waals surface area contributed by atoms with Crippen LogP contribution in [-0.2, 0) is 0 Å². The van der Waals surface area contributed by atoms with Crippen LogP contribution in [0.3, 0.4) is 0 Å². The molecular weight excluding hydrogens is 138 g/mol. The molecule has 1 aliphatic rings. The van der Waals surface area contributed by atoms with Crippen molar-refractivity contribution in [3.8, 4) is 0 Å². The molecule has 0 bridgehead atoms. The zero-order valence-electron chi connectivity index (χ0n) is 6.17. The minimum Gasteiger partial charge on any atom is -0.242 e. The molecular formula is C8H11N3. The number of hydrogen-bond acceptors (Lipinski definition) is 3. The molecule has 0 saturated carbocycles. The highest BCUT2D eigenvalue weighted by molar-refractivity contribution is 5.19. The quantitative estimate of drug-likeness (QED) is 0.539. The van der Waals surface area contributed by atoms with Gasteiger partial charge in [0.1, 0.15) is 0 Å². The number of nitrogens with one attached hydrogen (secondary N) is 3. The lowest BCUT2D eigenvalue weighted by atomic mass is 10.1. The van der Waals surface area contributed by atoms with Gasteiger partial charge in [-0.1, -0.05) is 30.3 Å². The summed E-state index contributed by atoms with van der Waals surface area (Å²) in [6.45, 7) is 0.935. The van der Waals surface area contributed by atoms with Gasteiger partial charge in [-0.05, 0) is 5.56 Å². The van der Waals surface area contributed by atoms with Gasteiger partial charge in [0, 0.05) is 6.54 Å². The van der Waals surface area contributed by atoms with Crippen LogP contribution in [0.25, 0.3) is 0 Å². The first-order valence-electron chi connectivity index (χ1n) is 3.75. The molecule has 0 spiro atoms. The largest absolute Gasteiger partial charge is 0.242 e. The first-order valence-corrected chi connectivity index (χ1v) is 3.75. The highest BCUT2D eigenvalue weighted by Crippen LogP contribution is 2.11. The van der Waals surface area contributed by atoms with E-state index >= 15 is 0 Å². The van der Waals surface area contributed by atoms with Crippen LogP contribution in [-0.4, -0.2) is 6.54 Å². The van der Waals surface area contributed by atoms with Crippen LogP contribution in [0.2, 0.25) is 0 Å². The van der Waals surface area contributed by atoms with Crippen LogP contribution < -0.4 is 16.4 Å². The molecule has 1 aromatic rings. The molecule has 1 atom stereocenters. The molecule has 0 radical (unpaired) electrons. The fraction of sp³-hybridized carbons (Fsp3) is 0.250. The summed E-state index contributed by atoms with van der Waals surface area (Å²) in [5.74, 6) is 0. The molecule has 3 nitrogen and oxygen atoms in total. The van der Waals surface area contributed by atoms with Crippen LogP contribution in [0.5, 0.6) is 0 Å². The maximum atomic E-state index is 3.11. The zero-order valence-corrected chi connectivity index (χ0v) is 6.17. The summed E-state index contributed by atoms with van der Waals surface area (Å²) < 4.78 is 0. The third-order valence-corrected chi connectivity index (χ3v) is 1.84. The van der Waals surface area contributed by atoms with E-state index in [9.17, 15) is 0 Å². The van der Waals surface area contributed by atoms with E-state index in [-0.39, 0.29) is 0 Å². The Labute approximate surface area is 65.7 Å². The van der Waals surface area contributed by atoms with Crippen molar-refractivity contribution < 1.29 is 0 Å². The Bertz CT molecular complexity index is 216. The molecule has 2 rings (SSSR count). The Morgan fingerprint density at radius 3 is 2.64 bits per heavy atom. The SMILES string of the molecule is c1ccc(C2CNNN2)cc1. The Morgan fingerprint density at radius 2 is 2.00 bits per heavy atom. The Balaban J connectivity index is 2.16. The van der Waals surface area contributed by atoms with Crippen LogP contribution in [0.15, 0.2) is 30.3 Å². The van der Waals surface area contributed by atoms with Crippen LogP contribution in [0.4, 0.5) is 0 Å². The highest BCUT2D eigenvalue weighted by Gasteiger charge is 2.13. The van der Waals surface area contributed by atoms with Gasteiger partial charge in [-0.15, -0.1) is 0 Å². The molecule has 0 amide bonds. The van der Waals surface area contributed by atoms with E-state index < -0.39 is 0 Å². The fourth-order valence-corrected chi connectivity index (χ4v) is 1.23. The maximum absolute atomic E-state index is 3.11. The maximum Gasteiger partial charge on any atom is 0.0614 e. The van der Waals surface area contributed by atoms with Crippen molar-refractivity contribution in [2.24, 2.45) is 0 Å². The molecule has 1 aromatic carbocycles. The summed E-state index contributed by atoms with van der Waals surface area (Å²) in [5.41, 5.74) is 10.3. The highest BCUT2D eigenvalue weighted by atomic mass is 15.6. The van der Waals surface area contributed by atoms with Crippen molar-refractivity contribution >= 4 is 0 Å². The summed E-state index contributed by atoms with van der Waals surface area (Å²) in [6, 6.07) is 10.8. The minimum atomic E-state index is 0.399. The molecule has 11 heavy (non-hydrogen) atoms. The average Bonchev–Trinajstić information content (AvgIpc) is 2.58. The van der Waals surface area contributed by atoms with Gasteiger partial charge < -0.3 is 0 Å². The van der Waals surface area contributed by atoms with E-state index in [1.54, 1.807) is 0 Å². The number of rotatable bonds is 1.